The van der Waals surface area contributed by atoms with E-state index in [2.05, 4.69) is 10.3 Å². The molecule has 1 heterocycles. The Labute approximate surface area is 150 Å². The molecule has 0 bridgehead atoms. The van der Waals surface area contributed by atoms with Crippen LogP contribution in [0.25, 0.3) is 11.3 Å². The van der Waals surface area contributed by atoms with Crippen LogP contribution in [-0.4, -0.2) is 18.0 Å². The van der Waals surface area contributed by atoms with Gasteiger partial charge in [-0.15, -0.1) is 0 Å². The van der Waals surface area contributed by atoms with Gasteiger partial charge >= 0.3 is 0 Å². The maximum absolute atomic E-state index is 12.0. The number of methoxy groups -OCH3 is 1. The fraction of sp³-hybridized carbons (Fsp3) is 0.158. The summed E-state index contributed by atoms with van der Waals surface area (Å²) < 4.78 is 10.9. The third kappa shape index (κ3) is 4.61. The number of ether oxygens (including phenoxy) is 1. The minimum atomic E-state index is -0.108. The molecule has 25 heavy (non-hydrogen) atoms. The number of amides is 1. The third-order valence-electron chi connectivity index (χ3n) is 3.60. The largest absolute Gasteiger partial charge is 0.497 e. The highest BCUT2D eigenvalue weighted by atomic mass is 35.5. The lowest BCUT2D eigenvalue weighted by Gasteiger charge is -2.04. The lowest BCUT2D eigenvalue weighted by Crippen LogP contribution is -2.12. The lowest BCUT2D eigenvalue weighted by atomic mass is 10.2. The summed E-state index contributed by atoms with van der Waals surface area (Å²) in [6.45, 7) is 0. The van der Waals surface area contributed by atoms with Gasteiger partial charge in [-0.3, -0.25) is 4.79 Å². The number of carbonyl (C=O) groups excluding carboxylic acids is 1. The standard InChI is InChI=1S/C19H17ClN2O3/c1-24-16-4-2-3-13(11-16)17-12-21-19(25-17)10-9-18(23)22-15-7-5-14(20)6-8-15/h2-8,11-12H,9-10H2,1H3,(H,22,23). The van der Waals surface area contributed by atoms with Crippen LogP contribution in [0.15, 0.2) is 59.1 Å². The first-order chi connectivity index (χ1) is 12.1. The van der Waals surface area contributed by atoms with Crippen LogP contribution in [0.3, 0.4) is 0 Å². The van der Waals surface area contributed by atoms with E-state index in [4.69, 9.17) is 20.8 Å². The first kappa shape index (κ1) is 17.0. The van der Waals surface area contributed by atoms with Gasteiger partial charge < -0.3 is 14.5 Å². The molecule has 0 aliphatic heterocycles. The van der Waals surface area contributed by atoms with Gasteiger partial charge in [0.15, 0.2) is 11.7 Å². The number of hydrogen-bond acceptors (Lipinski definition) is 4. The van der Waals surface area contributed by atoms with Crippen LogP contribution in [0.5, 0.6) is 5.75 Å². The summed E-state index contributed by atoms with van der Waals surface area (Å²) in [6.07, 6.45) is 2.35. The number of rotatable bonds is 6. The van der Waals surface area contributed by atoms with E-state index >= 15 is 0 Å². The minimum absolute atomic E-state index is 0.108. The molecule has 1 N–H and O–H groups in total. The van der Waals surface area contributed by atoms with Crippen LogP contribution in [-0.2, 0) is 11.2 Å². The van der Waals surface area contributed by atoms with E-state index < -0.39 is 0 Å². The third-order valence-corrected chi connectivity index (χ3v) is 3.85. The summed E-state index contributed by atoms with van der Waals surface area (Å²) in [6, 6.07) is 14.5. The van der Waals surface area contributed by atoms with Crippen molar-refractivity contribution in [2.75, 3.05) is 12.4 Å². The highest BCUT2D eigenvalue weighted by Crippen LogP contribution is 2.24. The number of nitrogens with zero attached hydrogens (tertiary/aromatic N) is 1. The molecule has 6 heteroatoms. The monoisotopic (exact) mass is 356 g/mol. The molecule has 0 spiro atoms. The Morgan fingerprint density at radius 3 is 2.80 bits per heavy atom. The molecular weight excluding hydrogens is 340 g/mol. The second-order valence-corrected chi connectivity index (χ2v) is 5.84. The number of nitrogens with one attached hydrogen (secondary N) is 1. The highest BCUT2D eigenvalue weighted by Gasteiger charge is 2.10. The normalized spacial score (nSPS) is 10.5. The van der Waals surface area contributed by atoms with Gasteiger partial charge in [-0.05, 0) is 36.4 Å². The maximum Gasteiger partial charge on any atom is 0.224 e. The van der Waals surface area contributed by atoms with E-state index in [-0.39, 0.29) is 12.3 Å². The van der Waals surface area contributed by atoms with Crippen LogP contribution in [0, 0.1) is 0 Å². The highest BCUT2D eigenvalue weighted by molar-refractivity contribution is 6.30. The smallest absolute Gasteiger partial charge is 0.224 e. The SMILES string of the molecule is COc1cccc(-c2cnc(CCC(=O)Nc3ccc(Cl)cc3)o2)c1. The zero-order chi connectivity index (χ0) is 17.6. The molecule has 0 fully saturated rings. The molecule has 5 nitrogen and oxygen atoms in total. The molecule has 0 atom stereocenters. The van der Waals surface area contributed by atoms with Crippen molar-refractivity contribution in [1.82, 2.24) is 4.98 Å². The number of carbonyl (C=O) groups is 1. The molecule has 3 aromatic rings. The van der Waals surface area contributed by atoms with Crippen molar-refractivity contribution in [3.05, 3.63) is 65.6 Å². The first-order valence-electron chi connectivity index (χ1n) is 7.78. The van der Waals surface area contributed by atoms with Gasteiger partial charge in [-0.2, -0.15) is 0 Å². The van der Waals surface area contributed by atoms with E-state index in [1.54, 1.807) is 37.6 Å². The quantitative estimate of drug-likeness (QED) is 0.702. The number of oxazole rings is 1. The van der Waals surface area contributed by atoms with Crippen molar-refractivity contribution < 1.29 is 13.9 Å². The van der Waals surface area contributed by atoms with Crippen molar-refractivity contribution >= 4 is 23.2 Å². The van der Waals surface area contributed by atoms with E-state index in [0.29, 0.717) is 28.8 Å². The van der Waals surface area contributed by atoms with Crippen molar-refractivity contribution in [3.63, 3.8) is 0 Å². The van der Waals surface area contributed by atoms with Crippen molar-refractivity contribution in [1.29, 1.82) is 0 Å². The average molecular weight is 357 g/mol. The van der Waals surface area contributed by atoms with Gasteiger partial charge in [0.25, 0.3) is 0 Å². The molecule has 0 saturated heterocycles. The number of hydrogen-bond donors (Lipinski definition) is 1. The number of anilines is 1. The molecule has 0 unspecified atom stereocenters. The Balaban J connectivity index is 1.57. The molecule has 0 aliphatic rings. The average Bonchev–Trinajstić information content (AvgIpc) is 3.11. The summed E-state index contributed by atoms with van der Waals surface area (Å²) in [4.78, 5) is 16.2. The Kier molecular flexibility index (Phi) is 5.36. The van der Waals surface area contributed by atoms with Crippen molar-refractivity contribution in [2.24, 2.45) is 0 Å². The molecule has 1 aromatic heterocycles. The summed E-state index contributed by atoms with van der Waals surface area (Å²) in [5.74, 6) is 1.80. The summed E-state index contributed by atoms with van der Waals surface area (Å²) in [5.41, 5.74) is 1.59. The van der Waals surface area contributed by atoms with Crippen LogP contribution in [0.1, 0.15) is 12.3 Å². The summed E-state index contributed by atoms with van der Waals surface area (Å²) >= 11 is 5.82. The molecule has 0 radical (unpaired) electrons. The van der Waals surface area contributed by atoms with E-state index in [0.717, 1.165) is 11.3 Å². The van der Waals surface area contributed by atoms with Gasteiger partial charge in [0.1, 0.15) is 5.75 Å². The Bertz CT molecular complexity index is 859. The van der Waals surface area contributed by atoms with E-state index in [1.165, 1.54) is 0 Å². The molecule has 2 aromatic carbocycles. The van der Waals surface area contributed by atoms with Gasteiger partial charge in [-0.25, -0.2) is 4.98 Å². The zero-order valence-corrected chi connectivity index (χ0v) is 14.4. The van der Waals surface area contributed by atoms with Crippen LogP contribution >= 0.6 is 11.6 Å². The molecular formula is C19H17ClN2O3. The van der Waals surface area contributed by atoms with Crippen LogP contribution < -0.4 is 10.1 Å². The number of halogens is 1. The summed E-state index contributed by atoms with van der Waals surface area (Å²) in [7, 11) is 1.62. The predicted molar refractivity (Wildman–Crippen MR) is 96.9 cm³/mol. The lowest BCUT2D eigenvalue weighted by molar-refractivity contribution is -0.116. The molecule has 128 valence electrons. The fourth-order valence-corrected chi connectivity index (χ4v) is 2.44. The van der Waals surface area contributed by atoms with Crippen molar-refractivity contribution in [2.45, 2.75) is 12.8 Å². The number of aromatic nitrogens is 1. The van der Waals surface area contributed by atoms with Gasteiger partial charge in [0.05, 0.1) is 13.3 Å². The van der Waals surface area contributed by atoms with Gasteiger partial charge in [0.2, 0.25) is 5.91 Å². The first-order valence-corrected chi connectivity index (χ1v) is 8.16. The van der Waals surface area contributed by atoms with Gasteiger partial charge in [0, 0.05) is 29.1 Å². The Morgan fingerprint density at radius 2 is 2.04 bits per heavy atom. The van der Waals surface area contributed by atoms with Crippen LogP contribution in [0.4, 0.5) is 5.69 Å². The molecule has 1 amide bonds. The summed E-state index contributed by atoms with van der Waals surface area (Å²) in [5, 5.41) is 3.44. The second kappa shape index (κ2) is 7.85. The maximum atomic E-state index is 12.0. The van der Waals surface area contributed by atoms with Crippen LogP contribution in [0.2, 0.25) is 5.02 Å². The second-order valence-electron chi connectivity index (χ2n) is 5.41. The Hall–Kier alpha value is -2.79. The molecule has 0 saturated carbocycles. The molecule has 3 rings (SSSR count). The fourth-order valence-electron chi connectivity index (χ4n) is 2.31. The number of aryl methyl sites for hydroxylation is 1. The Morgan fingerprint density at radius 1 is 1.24 bits per heavy atom. The van der Waals surface area contributed by atoms with E-state index in [1.807, 2.05) is 24.3 Å². The minimum Gasteiger partial charge on any atom is -0.497 e. The predicted octanol–water partition coefficient (Wildman–Crippen LogP) is 4.57. The van der Waals surface area contributed by atoms with Crippen molar-refractivity contribution in [3.8, 4) is 17.1 Å². The van der Waals surface area contributed by atoms with Gasteiger partial charge in [-0.1, -0.05) is 23.7 Å². The molecule has 0 aliphatic carbocycles. The number of benzene rings is 2. The van der Waals surface area contributed by atoms with E-state index in [9.17, 15) is 4.79 Å². The topological polar surface area (TPSA) is 64.4 Å². The zero-order valence-electron chi connectivity index (χ0n) is 13.7.